The molecule has 0 heterocycles. The molecule has 0 radical (unpaired) electrons. The zero-order valence-corrected chi connectivity index (χ0v) is 11.0. The highest BCUT2D eigenvalue weighted by molar-refractivity contribution is 6.32. The minimum atomic E-state index is -4.49. The maximum Gasteiger partial charge on any atom is 0.416 e. The fraction of sp³-hybridized carbons (Fsp3) is 0.0714. The van der Waals surface area contributed by atoms with Gasteiger partial charge in [0, 0.05) is 6.07 Å². The molecule has 0 unspecified atom stereocenters. The molecule has 0 aliphatic heterocycles. The quantitative estimate of drug-likeness (QED) is 0.872. The third kappa shape index (κ3) is 3.38. The first kappa shape index (κ1) is 15.0. The van der Waals surface area contributed by atoms with Crippen molar-refractivity contribution in [1.82, 2.24) is 0 Å². The molecule has 0 aromatic heterocycles. The maximum absolute atomic E-state index is 12.5. The fourth-order valence-corrected chi connectivity index (χ4v) is 1.78. The lowest BCUT2D eigenvalue weighted by Gasteiger charge is -2.11. The number of phenols is 1. The molecule has 1 N–H and O–H groups in total. The predicted molar refractivity (Wildman–Crippen MR) is 69.3 cm³/mol. The van der Waals surface area contributed by atoms with Crippen molar-refractivity contribution in [3.63, 3.8) is 0 Å². The largest absolute Gasteiger partial charge is 0.506 e. The molecule has 2 rings (SSSR count). The van der Waals surface area contributed by atoms with Gasteiger partial charge in [-0.05, 0) is 30.3 Å². The lowest BCUT2D eigenvalue weighted by atomic mass is 10.2. The summed E-state index contributed by atoms with van der Waals surface area (Å²) < 4.78 is 42.8. The Kier molecular flexibility index (Phi) is 3.96. The van der Waals surface area contributed by atoms with E-state index in [1.165, 1.54) is 18.2 Å². The summed E-state index contributed by atoms with van der Waals surface area (Å²) in [7, 11) is 0. The van der Waals surface area contributed by atoms with E-state index < -0.39 is 11.7 Å². The Morgan fingerprint density at radius 3 is 2.38 bits per heavy atom. The van der Waals surface area contributed by atoms with Crippen molar-refractivity contribution in [3.05, 3.63) is 52.5 Å². The van der Waals surface area contributed by atoms with Gasteiger partial charge in [-0.1, -0.05) is 11.6 Å². The van der Waals surface area contributed by atoms with Gasteiger partial charge < -0.3 is 9.84 Å². The number of rotatable bonds is 2. The summed E-state index contributed by atoms with van der Waals surface area (Å²) >= 11 is 5.74. The van der Waals surface area contributed by atoms with E-state index in [2.05, 4.69) is 0 Å². The minimum absolute atomic E-state index is 0.00812. The van der Waals surface area contributed by atoms with Crippen LogP contribution in [0, 0.1) is 11.3 Å². The summed E-state index contributed by atoms with van der Waals surface area (Å²) in [4.78, 5) is 0. The number of ether oxygens (including phenoxy) is 1. The Morgan fingerprint density at radius 1 is 1.14 bits per heavy atom. The van der Waals surface area contributed by atoms with E-state index in [4.69, 9.17) is 21.6 Å². The molecular formula is C14H7ClF3NO2. The second-order valence-electron chi connectivity index (χ2n) is 4.04. The second-order valence-corrected chi connectivity index (χ2v) is 4.44. The third-order valence-corrected chi connectivity index (χ3v) is 2.87. The predicted octanol–water partition coefficient (Wildman–Crippen LogP) is 4.73. The van der Waals surface area contributed by atoms with E-state index in [1.54, 1.807) is 6.07 Å². The number of phenolic OH excluding ortho intramolecular Hbond substituents is 1. The summed E-state index contributed by atoms with van der Waals surface area (Å²) in [5.74, 6) is -0.139. The van der Waals surface area contributed by atoms with Gasteiger partial charge in [-0.2, -0.15) is 18.4 Å². The van der Waals surface area contributed by atoms with Crippen molar-refractivity contribution in [3.8, 4) is 23.3 Å². The van der Waals surface area contributed by atoms with Crippen LogP contribution in [0.25, 0.3) is 0 Å². The third-order valence-electron chi connectivity index (χ3n) is 2.58. The summed E-state index contributed by atoms with van der Waals surface area (Å²) in [5.41, 5.74) is -0.830. The fourth-order valence-electron chi connectivity index (χ4n) is 1.56. The molecule has 108 valence electrons. The van der Waals surface area contributed by atoms with Crippen LogP contribution in [0.15, 0.2) is 36.4 Å². The lowest BCUT2D eigenvalue weighted by molar-refractivity contribution is -0.137. The Morgan fingerprint density at radius 2 is 1.86 bits per heavy atom. The number of hydrogen-bond donors (Lipinski definition) is 1. The topological polar surface area (TPSA) is 53.2 Å². The molecule has 7 heteroatoms. The Labute approximate surface area is 122 Å². The first-order valence-electron chi connectivity index (χ1n) is 5.59. The van der Waals surface area contributed by atoms with Gasteiger partial charge in [0.25, 0.3) is 0 Å². The molecule has 0 spiro atoms. The molecule has 0 amide bonds. The Hall–Kier alpha value is -2.39. The van der Waals surface area contributed by atoms with Gasteiger partial charge in [-0.25, -0.2) is 0 Å². The van der Waals surface area contributed by atoms with Crippen LogP contribution in [-0.2, 0) is 6.18 Å². The molecule has 0 saturated carbocycles. The van der Waals surface area contributed by atoms with Crippen molar-refractivity contribution in [1.29, 1.82) is 5.26 Å². The molecule has 3 nitrogen and oxygen atoms in total. The molecule has 0 aliphatic rings. The first-order chi connectivity index (χ1) is 9.81. The van der Waals surface area contributed by atoms with Crippen LogP contribution < -0.4 is 4.74 Å². The molecule has 0 atom stereocenters. The zero-order valence-electron chi connectivity index (χ0n) is 10.3. The number of halogens is 4. The molecule has 2 aromatic carbocycles. The van der Waals surface area contributed by atoms with E-state index in [0.29, 0.717) is 0 Å². The van der Waals surface area contributed by atoms with Crippen molar-refractivity contribution in [2.75, 3.05) is 0 Å². The first-order valence-corrected chi connectivity index (χ1v) is 5.97. The average molecular weight is 314 g/mol. The number of nitrogens with zero attached hydrogens (tertiary/aromatic N) is 1. The van der Waals surface area contributed by atoms with Gasteiger partial charge in [0.15, 0.2) is 0 Å². The molecule has 0 aliphatic carbocycles. The second kappa shape index (κ2) is 5.54. The van der Waals surface area contributed by atoms with E-state index in [1.807, 2.05) is 0 Å². The number of nitriles is 1. The highest BCUT2D eigenvalue weighted by atomic mass is 35.5. The van der Waals surface area contributed by atoms with Crippen LogP contribution in [0.5, 0.6) is 17.2 Å². The molecule has 21 heavy (non-hydrogen) atoms. The van der Waals surface area contributed by atoms with E-state index >= 15 is 0 Å². The highest BCUT2D eigenvalue weighted by Crippen LogP contribution is 2.37. The number of benzene rings is 2. The Balaban J connectivity index is 2.28. The summed E-state index contributed by atoms with van der Waals surface area (Å²) in [6, 6.07) is 8.33. The van der Waals surface area contributed by atoms with E-state index in [-0.39, 0.29) is 27.8 Å². The molecule has 0 bridgehead atoms. The number of aromatic hydroxyl groups is 1. The molecule has 0 fully saturated rings. The van der Waals surface area contributed by atoms with Crippen molar-refractivity contribution >= 4 is 11.6 Å². The summed E-state index contributed by atoms with van der Waals surface area (Å²) in [5, 5.41) is 18.0. The standard InChI is InChI=1S/C14H7ClF3NO2/c15-11-5-9(14(16,17)18)2-4-13(11)21-10-3-1-8(7-19)12(20)6-10/h1-6,20H. The van der Waals surface area contributed by atoms with Gasteiger partial charge >= 0.3 is 6.18 Å². The van der Waals surface area contributed by atoms with Gasteiger partial charge in [0.2, 0.25) is 0 Å². The van der Waals surface area contributed by atoms with Crippen molar-refractivity contribution in [2.45, 2.75) is 6.18 Å². The molecule has 2 aromatic rings. The molecular weight excluding hydrogens is 307 g/mol. The molecule has 0 saturated heterocycles. The van der Waals surface area contributed by atoms with Crippen LogP contribution in [0.2, 0.25) is 5.02 Å². The van der Waals surface area contributed by atoms with Crippen LogP contribution in [0.4, 0.5) is 13.2 Å². The number of alkyl halides is 3. The van der Waals surface area contributed by atoms with E-state index in [0.717, 1.165) is 18.2 Å². The smallest absolute Gasteiger partial charge is 0.416 e. The SMILES string of the molecule is N#Cc1ccc(Oc2ccc(C(F)(F)F)cc2Cl)cc1O. The van der Waals surface area contributed by atoms with Gasteiger partial charge in [-0.15, -0.1) is 0 Å². The number of hydrogen-bond acceptors (Lipinski definition) is 3. The zero-order chi connectivity index (χ0) is 15.6. The highest BCUT2D eigenvalue weighted by Gasteiger charge is 2.31. The monoisotopic (exact) mass is 313 g/mol. The van der Waals surface area contributed by atoms with Crippen molar-refractivity contribution < 1.29 is 23.0 Å². The lowest BCUT2D eigenvalue weighted by Crippen LogP contribution is -2.04. The maximum atomic E-state index is 12.5. The van der Waals surface area contributed by atoms with E-state index in [9.17, 15) is 18.3 Å². The van der Waals surface area contributed by atoms with Crippen LogP contribution in [-0.4, -0.2) is 5.11 Å². The van der Waals surface area contributed by atoms with Gasteiger partial charge in [-0.3, -0.25) is 0 Å². The van der Waals surface area contributed by atoms with Gasteiger partial charge in [0.05, 0.1) is 16.1 Å². The van der Waals surface area contributed by atoms with Crippen LogP contribution in [0.3, 0.4) is 0 Å². The minimum Gasteiger partial charge on any atom is -0.506 e. The summed E-state index contributed by atoms with van der Waals surface area (Å²) in [6.45, 7) is 0. The Bertz CT molecular complexity index is 723. The van der Waals surface area contributed by atoms with Crippen LogP contribution >= 0.6 is 11.6 Å². The average Bonchev–Trinajstić information content (AvgIpc) is 2.40. The van der Waals surface area contributed by atoms with Crippen molar-refractivity contribution in [2.24, 2.45) is 0 Å². The summed E-state index contributed by atoms with van der Waals surface area (Å²) in [6.07, 6.45) is -4.49. The van der Waals surface area contributed by atoms with Crippen LogP contribution in [0.1, 0.15) is 11.1 Å². The normalized spacial score (nSPS) is 11.0. The van der Waals surface area contributed by atoms with Gasteiger partial charge in [0.1, 0.15) is 23.3 Å².